The first-order valence-electron chi connectivity index (χ1n) is 11.1. The SMILES string of the molecule is Cc1ccc(-c2cn3nc(C(=O)NC4(c5ccc(F)cc5)CNC4)c(C(F)(F)F)c3c(=O)[nH]2)cc1C.Cl. The van der Waals surface area contributed by atoms with Crippen molar-refractivity contribution < 1.29 is 22.4 Å². The average Bonchev–Trinajstić information content (AvgIpc) is 3.20. The normalized spacial score (nSPS) is 14.6. The molecule has 0 atom stereocenters. The summed E-state index contributed by atoms with van der Waals surface area (Å²) in [7, 11) is 0. The number of rotatable bonds is 4. The van der Waals surface area contributed by atoms with Gasteiger partial charge in [0.25, 0.3) is 11.5 Å². The number of carbonyl (C=O) groups excluding carboxylic acids is 1. The molecule has 0 saturated carbocycles. The highest BCUT2D eigenvalue weighted by Gasteiger charge is 2.45. The zero-order valence-corrected chi connectivity index (χ0v) is 20.5. The number of hydrogen-bond acceptors (Lipinski definition) is 4. The Morgan fingerprint density at radius 2 is 1.76 bits per heavy atom. The second kappa shape index (κ2) is 9.31. The highest BCUT2D eigenvalue weighted by atomic mass is 35.5. The van der Waals surface area contributed by atoms with E-state index in [1.165, 1.54) is 30.5 Å². The fourth-order valence-electron chi connectivity index (χ4n) is 4.35. The Hall–Kier alpha value is -3.70. The van der Waals surface area contributed by atoms with Crippen LogP contribution in [0.25, 0.3) is 16.8 Å². The fraction of sp³-hybridized carbons (Fsp3) is 0.240. The minimum atomic E-state index is -5.02. The van der Waals surface area contributed by atoms with E-state index in [1.807, 2.05) is 19.9 Å². The van der Waals surface area contributed by atoms with Crippen LogP contribution in [0.15, 0.2) is 53.5 Å². The number of fused-ring (bicyclic) bond motifs is 1. The Labute approximate surface area is 214 Å². The summed E-state index contributed by atoms with van der Waals surface area (Å²) in [6.07, 6.45) is -3.77. The predicted octanol–water partition coefficient (Wildman–Crippen LogP) is 4.11. The summed E-state index contributed by atoms with van der Waals surface area (Å²) in [6.45, 7) is 4.25. The van der Waals surface area contributed by atoms with Crippen molar-refractivity contribution in [3.63, 3.8) is 0 Å². The third-order valence-corrected chi connectivity index (χ3v) is 6.54. The molecule has 37 heavy (non-hydrogen) atoms. The number of aryl methyl sites for hydroxylation is 2. The number of nitrogens with zero attached hydrogens (tertiary/aromatic N) is 2. The van der Waals surface area contributed by atoms with Gasteiger partial charge < -0.3 is 15.6 Å². The van der Waals surface area contributed by atoms with E-state index in [0.717, 1.165) is 15.6 Å². The van der Waals surface area contributed by atoms with E-state index in [1.54, 1.807) is 12.1 Å². The van der Waals surface area contributed by atoms with Crippen molar-refractivity contribution >= 4 is 23.8 Å². The van der Waals surface area contributed by atoms with Crippen LogP contribution in [0, 0.1) is 19.7 Å². The minimum absolute atomic E-state index is 0. The fourth-order valence-corrected chi connectivity index (χ4v) is 4.35. The highest BCUT2D eigenvalue weighted by molar-refractivity contribution is 5.96. The summed E-state index contributed by atoms with van der Waals surface area (Å²) in [5, 5.41) is 9.50. The molecule has 1 saturated heterocycles. The van der Waals surface area contributed by atoms with E-state index < -0.39 is 45.8 Å². The zero-order chi connectivity index (χ0) is 25.8. The highest BCUT2D eigenvalue weighted by Crippen LogP contribution is 2.35. The second-order valence-corrected chi connectivity index (χ2v) is 8.96. The molecule has 1 aliphatic heterocycles. The number of aromatic nitrogens is 3. The van der Waals surface area contributed by atoms with Crippen molar-refractivity contribution in [3.8, 4) is 11.3 Å². The van der Waals surface area contributed by atoms with Crippen molar-refractivity contribution in [2.24, 2.45) is 0 Å². The number of nitrogens with one attached hydrogen (secondary N) is 3. The standard InChI is InChI=1S/C25H21F4N5O2.ClH/c1-13-3-4-15(9-14(13)2)18-10-34-21(23(36)31-18)19(25(27,28)29)20(33-34)22(35)32-24(11-30-12-24)16-5-7-17(26)8-6-16;/h3-10,30H,11-12H2,1-2H3,(H,31,36)(H,32,35);1H. The van der Waals surface area contributed by atoms with Crippen molar-refractivity contribution in [1.29, 1.82) is 0 Å². The number of carbonyl (C=O) groups is 1. The van der Waals surface area contributed by atoms with Gasteiger partial charge in [0.1, 0.15) is 16.9 Å². The van der Waals surface area contributed by atoms with E-state index in [0.29, 0.717) is 11.1 Å². The van der Waals surface area contributed by atoms with Crippen LogP contribution >= 0.6 is 12.4 Å². The molecule has 3 heterocycles. The van der Waals surface area contributed by atoms with Crippen LogP contribution in [0.5, 0.6) is 0 Å². The number of alkyl halides is 3. The Morgan fingerprint density at radius 3 is 2.32 bits per heavy atom. The van der Waals surface area contributed by atoms with Gasteiger partial charge in [0.05, 0.1) is 17.4 Å². The molecule has 0 unspecified atom stereocenters. The first-order valence-corrected chi connectivity index (χ1v) is 11.1. The average molecular weight is 536 g/mol. The van der Waals surface area contributed by atoms with Crippen LogP contribution < -0.4 is 16.2 Å². The predicted molar refractivity (Wildman–Crippen MR) is 131 cm³/mol. The number of halogens is 5. The monoisotopic (exact) mass is 535 g/mol. The minimum Gasteiger partial charge on any atom is -0.339 e. The third kappa shape index (κ3) is 4.60. The molecule has 1 fully saturated rings. The molecule has 2 aromatic carbocycles. The zero-order valence-electron chi connectivity index (χ0n) is 19.7. The summed E-state index contributed by atoms with van der Waals surface area (Å²) >= 11 is 0. The molecule has 0 aliphatic carbocycles. The van der Waals surface area contributed by atoms with E-state index in [2.05, 4.69) is 20.7 Å². The van der Waals surface area contributed by atoms with Gasteiger partial charge in [0.2, 0.25) is 0 Å². The molecule has 5 rings (SSSR count). The molecule has 0 bridgehead atoms. The molecule has 7 nitrogen and oxygen atoms in total. The lowest BCUT2D eigenvalue weighted by Gasteiger charge is -2.43. The molecule has 0 spiro atoms. The smallest absolute Gasteiger partial charge is 0.339 e. The van der Waals surface area contributed by atoms with Crippen molar-refractivity contribution in [2.45, 2.75) is 25.6 Å². The van der Waals surface area contributed by atoms with Gasteiger partial charge in [0.15, 0.2) is 5.69 Å². The van der Waals surface area contributed by atoms with E-state index in [9.17, 15) is 27.2 Å². The van der Waals surface area contributed by atoms with Crippen molar-refractivity contribution in [1.82, 2.24) is 25.2 Å². The molecule has 1 amide bonds. The van der Waals surface area contributed by atoms with Gasteiger partial charge in [-0.05, 0) is 54.3 Å². The first kappa shape index (κ1) is 26.4. The van der Waals surface area contributed by atoms with Crippen LogP contribution in [0.2, 0.25) is 0 Å². The lowest BCUT2D eigenvalue weighted by atomic mass is 9.84. The van der Waals surface area contributed by atoms with Gasteiger partial charge >= 0.3 is 6.18 Å². The summed E-state index contributed by atoms with van der Waals surface area (Å²) in [5.74, 6) is -1.57. The first-order chi connectivity index (χ1) is 17.0. The molecule has 3 N–H and O–H groups in total. The Kier molecular flexibility index (Phi) is 6.63. The van der Waals surface area contributed by atoms with Gasteiger partial charge in [-0.2, -0.15) is 18.3 Å². The summed E-state index contributed by atoms with van der Waals surface area (Å²) in [4.78, 5) is 28.5. The molecule has 12 heteroatoms. The maximum atomic E-state index is 14.1. The van der Waals surface area contributed by atoms with Crippen molar-refractivity contribution in [2.75, 3.05) is 13.1 Å². The summed E-state index contributed by atoms with van der Waals surface area (Å²) in [6, 6.07) is 10.7. The van der Waals surface area contributed by atoms with Gasteiger partial charge in [-0.3, -0.25) is 9.59 Å². The number of aromatic amines is 1. The van der Waals surface area contributed by atoms with Gasteiger partial charge in [-0.25, -0.2) is 8.91 Å². The number of amides is 1. The number of H-pyrrole nitrogens is 1. The molecule has 4 aromatic rings. The third-order valence-electron chi connectivity index (χ3n) is 6.54. The molecular weight excluding hydrogens is 514 g/mol. The number of hydrogen-bond donors (Lipinski definition) is 3. The van der Waals surface area contributed by atoms with Gasteiger partial charge in [-0.15, -0.1) is 12.4 Å². The van der Waals surface area contributed by atoms with Crippen molar-refractivity contribution in [3.05, 3.63) is 92.8 Å². The lowest BCUT2D eigenvalue weighted by molar-refractivity contribution is -0.136. The Balaban J connectivity index is 0.00000320. The molecule has 194 valence electrons. The van der Waals surface area contributed by atoms with Crippen LogP contribution in [0.4, 0.5) is 17.6 Å². The summed E-state index contributed by atoms with van der Waals surface area (Å²) < 4.78 is 56.6. The second-order valence-electron chi connectivity index (χ2n) is 8.96. The Bertz CT molecular complexity index is 1560. The quantitative estimate of drug-likeness (QED) is 0.343. The van der Waals surface area contributed by atoms with Crippen LogP contribution in [-0.2, 0) is 11.7 Å². The van der Waals surface area contributed by atoms with E-state index in [4.69, 9.17) is 0 Å². The number of benzene rings is 2. The largest absolute Gasteiger partial charge is 0.421 e. The van der Waals surface area contributed by atoms with E-state index in [-0.39, 0.29) is 31.2 Å². The molecular formula is C25H22ClF4N5O2. The maximum Gasteiger partial charge on any atom is 0.421 e. The Morgan fingerprint density at radius 1 is 1.08 bits per heavy atom. The maximum absolute atomic E-state index is 14.1. The molecule has 1 aliphatic rings. The summed E-state index contributed by atoms with van der Waals surface area (Å²) in [5.41, 5.74) is -1.86. The molecule has 0 radical (unpaired) electrons. The van der Waals surface area contributed by atoms with Gasteiger partial charge in [-0.1, -0.05) is 24.3 Å². The topological polar surface area (TPSA) is 91.3 Å². The van der Waals surface area contributed by atoms with Gasteiger partial charge in [0, 0.05) is 13.1 Å². The van der Waals surface area contributed by atoms with Crippen LogP contribution in [0.1, 0.15) is 32.7 Å². The van der Waals surface area contributed by atoms with Crippen LogP contribution in [0.3, 0.4) is 0 Å². The molecule has 2 aromatic heterocycles. The van der Waals surface area contributed by atoms with E-state index >= 15 is 0 Å². The van der Waals surface area contributed by atoms with Crippen LogP contribution in [-0.4, -0.2) is 33.6 Å². The lowest BCUT2D eigenvalue weighted by Crippen LogP contribution is -2.66.